The number of benzene rings is 1. The molecule has 4 saturated carbocycles. The molecule has 4 fully saturated rings. The Morgan fingerprint density at radius 3 is 2.35 bits per heavy atom. The van der Waals surface area contributed by atoms with Crippen LogP contribution in [-0.2, 0) is 6.54 Å². The van der Waals surface area contributed by atoms with Gasteiger partial charge < -0.3 is 10.1 Å². The van der Waals surface area contributed by atoms with Gasteiger partial charge in [-0.1, -0.05) is 24.6 Å². The Bertz CT molecular complexity index is 535. The summed E-state index contributed by atoms with van der Waals surface area (Å²) in [6.07, 6.45) is 9.67. The summed E-state index contributed by atoms with van der Waals surface area (Å²) in [6, 6.07) is 6.25. The van der Waals surface area contributed by atoms with Gasteiger partial charge in [0.2, 0.25) is 0 Å². The minimum atomic E-state index is 0.415. The average molecular weight is 334 g/mol. The third-order valence-electron chi connectivity index (χ3n) is 6.16. The van der Waals surface area contributed by atoms with Gasteiger partial charge in [-0.05, 0) is 80.4 Å². The van der Waals surface area contributed by atoms with E-state index in [-0.39, 0.29) is 0 Å². The van der Waals surface area contributed by atoms with Crippen LogP contribution in [0.3, 0.4) is 0 Å². The quantitative estimate of drug-likeness (QED) is 0.773. The Labute approximate surface area is 144 Å². The van der Waals surface area contributed by atoms with Gasteiger partial charge in [0, 0.05) is 12.1 Å². The molecule has 1 N–H and O–H groups in total. The maximum Gasteiger partial charge on any atom is 0.137 e. The van der Waals surface area contributed by atoms with E-state index in [0.29, 0.717) is 5.54 Å². The third-order valence-corrected chi connectivity index (χ3v) is 6.46. The van der Waals surface area contributed by atoms with Gasteiger partial charge >= 0.3 is 0 Å². The molecule has 4 aliphatic rings. The van der Waals surface area contributed by atoms with Crippen LogP contribution < -0.4 is 10.1 Å². The zero-order valence-corrected chi connectivity index (χ0v) is 14.9. The summed E-state index contributed by atoms with van der Waals surface area (Å²) in [6.45, 7) is 3.77. The second-order valence-electron chi connectivity index (χ2n) is 8.16. The number of nitrogens with one attached hydrogen (secondary N) is 1. The number of hydrogen-bond acceptors (Lipinski definition) is 2. The van der Waals surface area contributed by atoms with Crippen molar-refractivity contribution in [2.75, 3.05) is 6.61 Å². The van der Waals surface area contributed by atoms with Crippen LogP contribution in [0.25, 0.3) is 0 Å². The van der Waals surface area contributed by atoms with Gasteiger partial charge in [-0.15, -0.1) is 0 Å². The highest BCUT2D eigenvalue weighted by molar-refractivity contribution is 6.32. The minimum Gasteiger partial charge on any atom is -0.492 e. The summed E-state index contributed by atoms with van der Waals surface area (Å²) in [7, 11) is 0. The molecule has 4 aliphatic carbocycles. The highest BCUT2D eigenvalue weighted by Gasteiger charge is 2.50. The lowest BCUT2D eigenvalue weighted by atomic mass is 9.53. The van der Waals surface area contributed by atoms with Crippen molar-refractivity contribution in [1.29, 1.82) is 0 Å². The van der Waals surface area contributed by atoms with Crippen LogP contribution in [0.2, 0.25) is 5.02 Å². The van der Waals surface area contributed by atoms with Crippen molar-refractivity contribution < 1.29 is 4.74 Å². The molecule has 5 rings (SSSR count). The first-order valence-corrected chi connectivity index (χ1v) is 9.70. The summed E-state index contributed by atoms with van der Waals surface area (Å²) in [4.78, 5) is 0. The Balaban J connectivity index is 1.40. The van der Waals surface area contributed by atoms with Crippen LogP contribution in [0.15, 0.2) is 18.2 Å². The van der Waals surface area contributed by atoms with Gasteiger partial charge in [-0.2, -0.15) is 0 Å². The molecular weight excluding hydrogens is 306 g/mol. The van der Waals surface area contributed by atoms with Crippen molar-refractivity contribution in [3.05, 3.63) is 28.8 Å². The molecule has 0 aromatic heterocycles. The zero-order chi connectivity index (χ0) is 15.9. The molecule has 23 heavy (non-hydrogen) atoms. The van der Waals surface area contributed by atoms with Crippen molar-refractivity contribution in [2.45, 2.75) is 64.0 Å². The molecule has 0 aliphatic heterocycles. The van der Waals surface area contributed by atoms with Crippen LogP contribution in [0.1, 0.15) is 57.4 Å². The molecule has 0 unspecified atom stereocenters. The molecule has 0 spiro atoms. The van der Waals surface area contributed by atoms with E-state index >= 15 is 0 Å². The monoisotopic (exact) mass is 333 g/mol. The van der Waals surface area contributed by atoms with Crippen molar-refractivity contribution in [3.8, 4) is 5.75 Å². The number of halogens is 1. The fourth-order valence-electron chi connectivity index (χ4n) is 5.60. The molecule has 1 aromatic carbocycles. The van der Waals surface area contributed by atoms with E-state index in [1.807, 2.05) is 6.07 Å². The first-order valence-electron chi connectivity index (χ1n) is 9.32. The first-order chi connectivity index (χ1) is 11.2. The van der Waals surface area contributed by atoms with Crippen molar-refractivity contribution in [1.82, 2.24) is 5.32 Å². The summed E-state index contributed by atoms with van der Waals surface area (Å²) in [5.74, 6) is 3.78. The van der Waals surface area contributed by atoms with Gasteiger partial charge in [0.15, 0.2) is 0 Å². The topological polar surface area (TPSA) is 21.3 Å². The lowest BCUT2D eigenvalue weighted by Crippen LogP contribution is -2.58. The minimum absolute atomic E-state index is 0.415. The molecule has 0 heterocycles. The molecule has 1 aromatic rings. The van der Waals surface area contributed by atoms with Gasteiger partial charge in [0.05, 0.1) is 11.6 Å². The van der Waals surface area contributed by atoms with Gasteiger partial charge in [-0.25, -0.2) is 0 Å². The summed E-state index contributed by atoms with van der Waals surface area (Å²) in [5, 5.41) is 4.67. The van der Waals surface area contributed by atoms with Crippen molar-refractivity contribution in [2.24, 2.45) is 17.8 Å². The van der Waals surface area contributed by atoms with Gasteiger partial charge in [0.25, 0.3) is 0 Å². The Morgan fingerprint density at radius 2 is 1.78 bits per heavy atom. The highest BCUT2D eigenvalue weighted by atomic mass is 35.5. The average Bonchev–Trinajstić information content (AvgIpc) is 2.51. The maximum absolute atomic E-state index is 6.37. The van der Waals surface area contributed by atoms with Gasteiger partial charge in [-0.3, -0.25) is 0 Å². The molecule has 0 atom stereocenters. The SMILES string of the molecule is CCCOc1ccc(CNC23CC4CC(CC(C4)C2)C3)cc1Cl. The predicted molar refractivity (Wildman–Crippen MR) is 95.0 cm³/mol. The highest BCUT2D eigenvalue weighted by Crippen LogP contribution is 2.55. The van der Waals surface area contributed by atoms with E-state index in [2.05, 4.69) is 24.4 Å². The van der Waals surface area contributed by atoms with Crippen LogP contribution in [0.5, 0.6) is 5.75 Å². The fourth-order valence-corrected chi connectivity index (χ4v) is 5.86. The largest absolute Gasteiger partial charge is 0.492 e. The molecular formula is C20H28ClNO. The molecule has 2 nitrogen and oxygen atoms in total. The summed E-state index contributed by atoms with van der Waals surface area (Å²) in [5.41, 5.74) is 1.69. The smallest absolute Gasteiger partial charge is 0.137 e. The normalized spacial score (nSPS) is 34.8. The standard InChI is InChI=1S/C20H28ClNO/c1-2-5-23-19-4-3-14(9-18(19)21)13-22-20-10-15-6-16(11-20)8-17(7-15)12-20/h3-4,9,15-17,22H,2,5-8,10-13H2,1H3. The first kappa shape index (κ1) is 15.8. The van der Waals surface area contributed by atoms with Crippen LogP contribution in [0, 0.1) is 17.8 Å². The van der Waals surface area contributed by atoms with E-state index in [9.17, 15) is 0 Å². The van der Waals surface area contributed by atoms with Crippen LogP contribution in [0.4, 0.5) is 0 Å². The maximum atomic E-state index is 6.37. The molecule has 3 heteroatoms. The molecule has 126 valence electrons. The van der Waals surface area contributed by atoms with E-state index in [4.69, 9.17) is 16.3 Å². The van der Waals surface area contributed by atoms with E-state index < -0.39 is 0 Å². The number of rotatable bonds is 6. The van der Waals surface area contributed by atoms with Crippen molar-refractivity contribution >= 4 is 11.6 Å². The lowest BCUT2D eigenvalue weighted by Gasteiger charge is -2.57. The second-order valence-corrected chi connectivity index (χ2v) is 8.57. The van der Waals surface area contributed by atoms with Crippen LogP contribution >= 0.6 is 11.6 Å². The molecule has 0 radical (unpaired) electrons. The molecule has 0 amide bonds. The number of ether oxygens (including phenoxy) is 1. The number of hydrogen-bond donors (Lipinski definition) is 1. The van der Waals surface area contributed by atoms with E-state index in [0.717, 1.165) is 48.1 Å². The van der Waals surface area contributed by atoms with E-state index in [1.165, 1.54) is 44.1 Å². The van der Waals surface area contributed by atoms with Crippen molar-refractivity contribution in [3.63, 3.8) is 0 Å². The third kappa shape index (κ3) is 3.25. The summed E-state index contributed by atoms with van der Waals surface area (Å²) >= 11 is 6.37. The van der Waals surface area contributed by atoms with Gasteiger partial charge in [0.1, 0.15) is 5.75 Å². The Kier molecular flexibility index (Phi) is 4.32. The second kappa shape index (κ2) is 6.29. The molecule has 4 bridgehead atoms. The summed E-state index contributed by atoms with van der Waals surface area (Å²) < 4.78 is 5.67. The predicted octanol–water partition coefficient (Wildman–Crippen LogP) is 5.19. The molecule has 0 saturated heterocycles. The Morgan fingerprint density at radius 1 is 1.13 bits per heavy atom. The zero-order valence-electron chi connectivity index (χ0n) is 14.1. The lowest BCUT2D eigenvalue weighted by molar-refractivity contribution is -0.0206. The van der Waals surface area contributed by atoms with Crippen LogP contribution in [-0.4, -0.2) is 12.1 Å². The van der Waals surface area contributed by atoms with E-state index in [1.54, 1.807) is 0 Å². The fraction of sp³-hybridized carbons (Fsp3) is 0.700. The Hall–Kier alpha value is -0.730.